The Morgan fingerprint density at radius 1 is 1.04 bits per heavy atom. The summed E-state index contributed by atoms with van der Waals surface area (Å²) in [6.45, 7) is 1.15. The van der Waals surface area contributed by atoms with Crippen LogP contribution in [0.15, 0.2) is 48.5 Å². The molecule has 0 atom stereocenters. The number of sulfonamides is 1. The number of rotatable bonds is 5. The third kappa shape index (κ3) is 4.24. The Balaban J connectivity index is 1.67. The summed E-state index contributed by atoms with van der Waals surface area (Å²) < 4.78 is 39.7. The molecule has 1 fully saturated rings. The Morgan fingerprint density at radius 3 is 2.32 bits per heavy atom. The van der Waals surface area contributed by atoms with Crippen LogP contribution in [0.5, 0.6) is 0 Å². The van der Waals surface area contributed by atoms with Crippen LogP contribution in [0.2, 0.25) is 0 Å². The lowest BCUT2D eigenvalue weighted by atomic mass is 10.1. The summed E-state index contributed by atoms with van der Waals surface area (Å²) in [5, 5.41) is 2.50. The Kier molecular flexibility index (Phi) is 5.15. The molecule has 0 bridgehead atoms. The van der Waals surface area contributed by atoms with Crippen LogP contribution in [-0.2, 0) is 15.8 Å². The van der Waals surface area contributed by atoms with Gasteiger partial charge in [0.1, 0.15) is 5.82 Å². The van der Waals surface area contributed by atoms with Gasteiger partial charge in [-0.1, -0.05) is 24.3 Å². The Labute approximate surface area is 146 Å². The van der Waals surface area contributed by atoms with Crippen molar-refractivity contribution < 1.29 is 17.6 Å². The third-order valence-corrected chi connectivity index (χ3v) is 6.00. The van der Waals surface area contributed by atoms with Crippen molar-refractivity contribution in [3.8, 4) is 0 Å². The van der Waals surface area contributed by atoms with Gasteiger partial charge in [-0.15, -0.1) is 0 Å². The average Bonchev–Trinajstić information content (AvgIpc) is 3.13. The van der Waals surface area contributed by atoms with Crippen LogP contribution in [0.4, 0.5) is 10.1 Å². The minimum Gasteiger partial charge on any atom is -0.319 e. The number of hydrogen-bond acceptors (Lipinski definition) is 3. The Hall–Kier alpha value is -2.25. The first-order valence-corrected chi connectivity index (χ1v) is 9.69. The van der Waals surface area contributed by atoms with Crippen molar-refractivity contribution in [2.75, 3.05) is 18.4 Å². The maximum atomic E-state index is 13.6. The molecule has 0 aromatic heterocycles. The maximum Gasteiger partial charge on any atom is 0.255 e. The Morgan fingerprint density at radius 2 is 1.68 bits per heavy atom. The summed E-state index contributed by atoms with van der Waals surface area (Å²) in [5.41, 5.74) is 1.06. The van der Waals surface area contributed by atoms with Gasteiger partial charge >= 0.3 is 0 Å². The van der Waals surface area contributed by atoms with E-state index in [4.69, 9.17) is 0 Å². The molecule has 0 saturated carbocycles. The molecule has 1 N–H and O–H groups in total. The fourth-order valence-electron chi connectivity index (χ4n) is 2.78. The summed E-state index contributed by atoms with van der Waals surface area (Å²) in [7, 11) is -3.32. The SMILES string of the molecule is O=C(Nc1ccccc1F)c1ccc(CS(=O)(=O)N2CCCC2)cc1. The van der Waals surface area contributed by atoms with Crippen LogP contribution in [0, 0.1) is 5.82 Å². The number of hydrogen-bond donors (Lipinski definition) is 1. The largest absolute Gasteiger partial charge is 0.319 e. The lowest BCUT2D eigenvalue weighted by molar-refractivity contribution is 0.102. The molecule has 1 aliphatic heterocycles. The minimum absolute atomic E-state index is 0.0811. The van der Waals surface area contributed by atoms with Gasteiger partial charge in [-0.25, -0.2) is 17.1 Å². The standard InChI is InChI=1S/C18H19FN2O3S/c19-16-5-1-2-6-17(16)20-18(22)15-9-7-14(8-10-15)13-25(23,24)21-11-3-4-12-21/h1-2,5-10H,3-4,11-13H2,(H,20,22). The van der Waals surface area contributed by atoms with Crippen molar-refractivity contribution in [2.24, 2.45) is 0 Å². The second-order valence-electron chi connectivity index (χ2n) is 5.99. The van der Waals surface area contributed by atoms with E-state index in [0.717, 1.165) is 12.8 Å². The predicted octanol–water partition coefficient (Wildman–Crippen LogP) is 3.00. The van der Waals surface area contributed by atoms with Crippen LogP contribution in [0.25, 0.3) is 0 Å². The third-order valence-electron chi connectivity index (χ3n) is 4.15. The summed E-state index contributed by atoms with van der Waals surface area (Å²) in [6, 6.07) is 12.2. The van der Waals surface area contributed by atoms with Gasteiger partial charge in [0.15, 0.2) is 0 Å². The highest BCUT2D eigenvalue weighted by atomic mass is 32.2. The fourth-order valence-corrected chi connectivity index (χ4v) is 4.39. The van der Waals surface area contributed by atoms with Crippen LogP contribution in [0.3, 0.4) is 0 Å². The van der Waals surface area contributed by atoms with Gasteiger partial charge in [0.25, 0.3) is 5.91 Å². The van der Waals surface area contributed by atoms with E-state index in [1.54, 1.807) is 36.4 Å². The molecule has 0 spiro atoms. The summed E-state index contributed by atoms with van der Waals surface area (Å²) in [6.07, 6.45) is 1.79. The first-order chi connectivity index (χ1) is 12.0. The number of carbonyl (C=O) groups is 1. The predicted molar refractivity (Wildman–Crippen MR) is 94.2 cm³/mol. The first kappa shape index (κ1) is 17.6. The maximum absolute atomic E-state index is 13.6. The van der Waals surface area contributed by atoms with Crippen LogP contribution < -0.4 is 5.32 Å². The number of anilines is 1. The van der Waals surface area contributed by atoms with Crippen LogP contribution >= 0.6 is 0 Å². The summed E-state index contributed by atoms with van der Waals surface area (Å²) in [5.74, 6) is -1.04. The molecule has 1 saturated heterocycles. The zero-order valence-corrected chi connectivity index (χ0v) is 14.4. The second kappa shape index (κ2) is 7.33. The number of halogens is 1. The van der Waals surface area contributed by atoms with Gasteiger partial charge in [0.05, 0.1) is 11.4 Å². The molecule has 5 nitrogen and oxygen atoms in total. The van der Waals surface area contributed by atoms with E-state index < -0.39 is 21.7 Å². The van der Waals surface area contributed by atoms with Crippen molar-refractivity contribution >= 4 is 21.6 Å². The van der Waals surface area contributed by atoms with Crippen molar-refractivity contribution in [2.45, 2.75) is 18.6 Å². The van der Waals surface area contributed by atoms with E-state index in [1.165, 1.54) is 16.4 Å². The minimum atomic E-state index is -3.32. The quantitative estimate of drug-likeness (QED) is 0.889. The lowest BCUT2D eigenvalue weighted by Crippen LogP contribution is -2.29. The number of nitrogens with one attached hydrogen (secondary N) is 1. The van der Waals surface area contributed by atoms with Crippen molar-refractivity contribution in [3.05, 3.63) is 65.5 Å². The van der Waals surface area contributed by atoms with Crippen LogP contribution in [-0.4, -0.2) is 31.7 Å². The second-order valence-corrected chi connectivity index (χ2v) is 7.96. The number of carbonyl (C=O) groups excluding carboxylic acids is 1. The van der Waals surface area contributed by atoms with E-state index >= 15 is 0 Å². The van der Waals surface area contributed by atoms with E-state index in [1.807, 2.05) is 0 Å². The normalized spacial score (nSPS) is 15.2. The molecule has 7 heteroatoms. The zero-order chi connectivity index (χ0) is 17.9. The van der Waals surface area contributed by atoms with Crippen molar-refractivity contribution in [1.29, 1.82) is 0 Å². The van der Waals surface area contributed by atoms with Gasteiger partial charge in [-0.2, -0.15) is 0 Å². The molecular weight excluding hydrogens is 343 g/mol. The highest BCUT2D eigenvalue weighted by Gasteiger charge is 2.25. The molecule has 3 rings (SSSR count). The number of amides is 1. The average molecular weight is 362 g/mol. The van der Waals surface area contributed by atoms with Crippen molar-refractivity contribution in [3.63, 3.8) is 0 Å². The molecule has 2 aromatic carbocycles. The van der Waals surface area contributed by atoms with E-state index in [-0.39, 0.29) is 11.4 Å². The molecule has 1 aliphatic rings. The number of nitrogens with zero attached hydrogens (tertiary/aromatic N) is 1. The van der Waals surface area contributed by atoms with Gasteiger partial charge in [0.2, 0.25) is 10.0 Å². The lowest BCUT2D eigenvalue weighted by Gasteiger charge is -2.15. The summed E-state index contributed by atoms with van der Waals surface area (Å²) >= 11 is 0. The molecule has 25 heavy (non-hydrogen) atoms. The fraction of sp³-hybridized carbons (Fsp3) is 0.278. The molecule has 0 radical (unpaired) electrons. The van der Waals surface area contributed by atoms with E-state index in [0.29, 0.717) is 24.2 Å². The zero-order valence-electron chi connectivity index (χ0n) is 13.6. The molecule has 1 heterocycles. The molecule has 2 aromatic rings. The van der Waals surface area contributed by atoms with Gasteiger partial charge in [-0.3, -0.25) is 4.79 Å². The van der Waals surface area contributed by atoms with Gasteiger partial charge in [-0.05, 0) is 42.7 Å². The van der Waals surface area contributed by atoms with Gasteiger partial charge in [0, 0.05) is 18.7 Å². The Bertz CT molecular complexity index is 860. The topological polar surface area (TPSA) is 66.5 Å². The molecular formula is C18H19FN2O3S. The molecule has 1 amide bonds. The molecule has 132 valence electrons. The highest BCUT2D eigenvalue weighted by molar-refractivity contribution is 7.88. The monoisotopic (exact) mass is 362 g/mol. The summed E-state index contributed by atoms with van der Waals surface area (Å²) in [4.78, 5) is 12.2. The van der Waals surface area contributed by atoms with Crippen LogP contribution in [0.1, 0.15) is 28.8 Å². The number of benzene rings is 2. The first-order valence-electron chi connectivity index (χ1n) is 8.08. The van der Waals surface area contributed by atoms with E-state index in [2.05, 4.69) is 5.32 Å². The number of para-hydroxylation sites is 1. The molecule has 0 unspecified atom stereocenters. The van der Waals surface area contributed by atoms with E-state index in [9.17, 15) is 17.6 Å². The van der Waals surface area contributed by atoms with Crippen molar-refractivity contribution in [1.82, 2.24) is 4.31 Å². The van der Waals surface area contributed by atoms with Gasteiger partial charge < -0.3 is 5.32 Å². The molecule has 0 aliphatic carbocycles. The highest BCUT2D eigenvalue weighted by Crippen LogP contribution is 2.18. The smallest absolute Gasteiger partial charge is 0.255 e.